The van der Waals surface area contributed by atoms with Crippen LogP contribution in [0.15, 0.2) is 24.5 Å². The molecule has 1 aromatic heterocycles. The second-order valence-corrected chi connectivity index (χ2v) is 4.77. The van der Waals surface area contributed by atoms with Crippen LogP contribution in [0.2, 0.25) is 5.02 Å². The number of aryl methyl sites for hydroxylation is 2. The van der Waals surface area contributed by atoms with Crippen LogP contribution in [0.5, 0.6) is 0 Å². The Bertz CT molecular complexity index is 586. The van der Waals surface area contributed by atoms with E-state index in [1.165, 1.54) is 0 Å². The van der Waals surface area contributed by atoms with Crippen LogP contribution < -0.4 is 0 Å². The minimum absolute atomic E-state index is 0.0780. The molecule has 0 radical (unpaired) electrons. The first kappa shape index (κ1) is 14.0. The van der Waals surface area contributed by atoms with Crippen molar-refractivity contribution in [1.29, 1.82) is 0 Å². The van der Waals surface area contributed by atoms with Crippen LogP contribution in [0, 0.1) is 11.6 Å². The first-order valence-corrected chi connectivity index (χ1v) is 6.15. The summed E-state index contributed by atoms with van der Waals surface area (Å²) in [5.41, 5.74) is 0.849. The van der Waals surface area contributed by atoms with E-state index in [0.29, 0.717) is 6.42 Å². The van der Waals surface area contributed by atoms with Gasteiger partial charge in [0.15, 0.2) is 0 Å². The van der Waals surface area contributed by atoms with Crippen LogP contribution in [0.3, 0.4) is 0 Å². The third-order valence-corrected chi connectivity index (χ3v) is 3.15. The lowest BCUT2D eigenvalue weighted by molar-refractivity contribution is 0.162. The number of hydrogen-bond acceptors (Lipinski definition) is 2. The Morgan fingerprint density at radius 1 is 1.37 bits per heavy atom. The fourth-order valence-corrected chi connectivity index (χ4v) is 2.00. The second-order valence-electron chi connectivity index (χ2n) is 4.36. The van der Waals surface area contributed by atoms with Gasteiger partial charge in [-0.25, -0.2) is 8.78 Å². The first-order chi connectivity index (χ1) is 8.97. The SMILES string of the molecule is Cn1cc(CCC(O)c2cc(F)c(Cl)cc2F)cn1. The van der Waals surface area contributed by atoms with Gasteiger partial charge < -0.3 is 5.11 Å². The maximum Gasteiger partial charge on any atom is 0.142 e. The first-order valence-electron chi connectivity index (χ1n) is 5.77. The molecule has 0 aliphatic heterocycles. The van der Waals surface area contributed by atoms with Crippen molar-refractivity contribution in [3.63, 3.8) is 0 Å². The summed E-state index contributed by atoms with van der Waals surface area (Å²) in [6.07, 6.45) is 3.21. The molecule has 0 bridgehead atoms. The summed E-state index contributed by atoms with van der Waals surface area (Å²) in [6.45, 7) is 0. The molecule has 1 unspecified atom stereocenters. The van der Waals surface area contributed by atoms with Gasteiger partial charge in [-0.05, 0) is 30.5 Å². The zero-order valence-electron chi connectivity index (χ0n) is 10.3. The zero-order valence-corrected chi connectivity index (χ0v) is 11.0. The molecule has 1 heterocycles. The van der Waals surface area contributed by atoms with Gasteiger partial charge in [0.05, 0.1) is 17.3 Å². The molecule has 0 amide bonds. The van der Waals surface area contributed by atoms with Crippen molar-refractivity contribution in [2.75, 3.05) is 0 Å². The predicted octanol–water partition coefficient (Wildman–Crippen LogP) is 3.02. The number of aromatic nitrogens is 2. The third kappa shape index (κ3) is 3.30. The molecule has 3 nitrogen and oxygen atoms in total. The van der Waals surface area contributed by atoms with Gasteiger partial charge in [-0.1, -0.05) is 11.6 Å². The summed E-state index contributed by atoms with van der Waals surface area (Å²) >= 11 is 5.46. The maximum absolute atomic E-state index is 13.6. The van der Waals surface area contributed by atoms with Crippen molar-refractivity contribution in [1.82, 2.24) is 9.78 Å². The van der Waals surface area contributed by atoms with Gasteiger partial charge in [0, 0.05) is 18.8 Å². The van der Waals surface area contributed by atoms with E-state index in [0.717, 1.165) is 17.7 Å². The van der Waals surface area contributed by atoms with Gasteiger partial charge in [0.25, 0.3) is 0 Å². The van der Waals surface area contributed by atoms with Crippen LogP contribution in [-0.2, 0) is 13.5 Å². The zero-order chi connectivity index (χ0) is 14.0. The highest BCUT2D eigenvalue weighted by atomic mass is 35.5. The maximum atomic E-state index is 13.6. The minimum atomic E-state index is -1.08. The van der Waals surface area contributed by atoms with Gasteiger partial charge in [-0.15, -0.1) is 0 Å². The Labute approximate surface area is 114 Å². The Morgan fingerprint density at radius 2 is 2.11 bits per heavy atom. The highest BCUT2D eigenvalue weighted by molar-refractivity contribution is 6.30. The largest absolute Gasteiger partial charge is 0.388 e. The van der Waals surface area contributed by atoms with Crippen LogP contribution in [0.1, 0.15) is 23.7 Å². The number of benzene rings is 1. The van der Waals surface area contributed by atoms with E-state index in [2.05, 4.69) is 5.10 Å². The van der Waals surface area contributed by atoms with Gasteiger partial charge in [0.2, 0.25) is 0 Å². The van der Waals surface area contributed by atoms with Gasteiger partial charge in [-0.3, -0.25) is 4.68 Å². The number of aliphatic hydroxyl groups is 1. The number of halogens is 3. The fraction of sp³-hybridized carbons (Fsp3) is 0.308. The topological polar surface area (TPSA) is 38.0 Å². The van der Waals surface area contributed by atoms with Crippen molar-refractivity contribution in [3.05, 3.63) is 52.3 Å². The molecule has 102 valence electrons. The number of rotatable bonds is 4. The number of hydrogen-bond donors (Lipinski definition) is 1. The molecule has 0 spiro atoms. The van der Waals surface area contributed by atoms with E-state index in [1.807, 2.05) is 6.20 Å². The standard InChI is InChI=1S/C13H13ClF2N2O/c1-18-7-8(6-17-18)2-3-13(19)9-4-12(16)10(14)5-11(9)15/h4-7,13,19H,2-3H2,1H3. The molecule has 2 rings (SSSR count). The molecule has 0 saturated heterocycles. The lowest BCUT2D eigenvalue weighted by Gasteiger charge is -2.12. The van der Waals surface area contributed by atoms with Crippen molar-refractivity contribution >= 4 is 11.6 Å². The molecule has 0 aliphatic rings. The van der Waals surface area contributed by atoms with Crippen LogP contribution >= 0.6 is 11.6 Å². The van der Waals surface area contributed by atoms with Gasteiger partial charge >= 0.3 is 0 Å². The van der Waals surface area contributed by atoms with Gasteiger partial charge in [0.1, 0.15) is 11.6 Å². The molecule has 0 fully saturated rings. The molecule has 1 aromatic carbocycles. The Morgan fingerprint density at radius 3 is 2.74 bits per heavy atom. The lowest BCUT2D eigenvalue weighted by Crippen LogP contribution is -2.03. The quantitative estimate of drug-likeness (QED) is 0.878. The van der Waals surface area contributed by atoms with E-state index in [1.54, 1.807) is 17.9 Å². The monoisotopic (exact) mass is 286 g/mol. The van der Waals surface area contributed by atoms with Crippen molar-refractivity contribution < 1.29 is 13.9 Å². The van der Waals surface area contributed by atoms with Crippen LogP contribution in [-0.4, -0.2) is 14.9 Å². The van der Waals surface area contributed by atoms with Crippen molar-refractivity contribution in [3.8, 4) is 0 Å². The summed E-state index contributed by atoms with van der Waals surface area (Å²) in [7, 11) is 1.79. The lowest BCUT2D eigenvalue weighted by atomic mass is 10.0. The molecule has 19 heavy (non-hydrogen) atoms. The van der Waals surface area contributed by atoms with Gasteiger partial charge in [-0.2, -0.15) is 5.10 Å². The highest BCUT2D eigenvalue weighted by Crippen LogP contribution is 2.26. The van der Waals surface area contributed by atoms with Crippen molar-refractivity contribution in [2.24, 2.45) is 7.05 Å². The van der Waals surface area contributed by atoms with Crippen LogP contribution in [0.4, 0.5) is 8.78 Å². The molecule has 0 saturated carbocycles. The molecule has 1 N–H and O–H groups in total. The van der Waals surface area contributed by atoms with E-state index in [9.17, 15) is 13.9 Å². The summed E-state index contributed by atoms with van der Waals surface area (Å²) in [5, 5.41) is 13.6. The summed E-state index contributed by atoms with van der Waals surface area (Å²) < 4.78 is 28.5. The van der Waals surface area contributed by atoms with Crippen molar-refractivity contribution in [2.45, 2.75) is 18.9 Å². The molecule has 6 heteroatoms. The Kier molecular flexibility index (Phi) is 4.17. The van der Waals surface area contributed by atoms with E-state index < -0.39 is 17.7 Å². The van der Waals surface area contributed by atoms with E-state index in [-0.39, 0.29) is 17.0 Å². The summed E-state index contributed by atoms with van der Waals surface area (Å²) in [5.74, 6) is -1.44. The average Bonchev–Trinajstić information content (AvgIpc) is 2.77. The smallest absolute Gasteiger partial charge is 0.142 e. The fourth-order valence-electron chi connectivity index (χ4n) is 1.85. The van der Waals surface area contributed by atoms with E-state index >= 15 is 0 Å². The predicted molar refractivity (Wildman–Crippen MR) is 67.9 cm³/mol. The van der Waals surface area contributed by atoms with E-state index in [4.69, 9.17) is 11.6 Å². The van der Waals surface area contributed by atoms with Crippen LogP contribution in [0.25, 0.3) is 0 Å². The second kappa shape index (κ2) is 5.67. The molecular formula is C13H13ClF2N2O. The summed E-state index contributed by atoms with van der Waals surface area (Å²) in [4.78, 5) is 0. The Hall–Kier alpha value is -1.46. The highest BCUT2D eigenvalue weighted by Gasteiger charge is 2.16. The molecule has 0 aliphatic carbocycles. The number of aliphatic hydroxyl groups excluding tert-OH is 1. The minimum Gasteiger partial charge on any atom is -0.388 e. The number of nitrogens with zero attached hydrogens (tertiary/aromatic N) is 2. The average molecular weight is 287 g/mol. The normalized spacial score (nSPS) is 12.7. The molecule has 1 atom stereocenters. The molecular weight excluding hydrogens is 274 g/mol. The third-order valence-electron chi connectivity index (χ3n) is 2.86. The summed E-state index contributed by atoms with van der Waals surface area (Å²) in [6, 6.07) is 1.81. The Balaban J connectivity index is 2.07. The molecule has 2 aromatic rings.